The number of hydrogen-bond acceptors (Lipinski definition) is 3. The van der Waals surface area contributed by atoms with E-state index in [0.29, 0.717) is 12.2 Å². The number of rotatable bonds is 4. The van der Waals surface area contributed by atoms with Gasteiger partial charge in [-0.15, -0.1) is 11.8 Å². The summed E-state index contributed by atoms with van der Waals surface area (Å²) in [5, 5.41) is 0.238. The second kappa shape index (κ2) is 5.76. The van der Waals surface area contributed by atoms with Gasteiger partial charge in [-0.25, -0.2) is 0 Å². The number of carbonyl (C=O) groups is 1. The van der Waals surface area contributed by atoms with Gasteiger partial charge in [-0.1, -0.05) is 19.1 Å². The van der Waals surface area contributed by atoms with Gasteiger partial charge in [0.2, 0.25) is 0 Å². The molecule has 0 aromatic carbocycles. The van der Waals surface area contributed by atoms with Crippen LogP contribution < -0.4 is 0 Å². The summed E-state index contributed by atoms with van der Waals surface area (Å²) in [6.07, 6.45) is 1.52. The van der Waals surface area contributed by atoms with E-state index >= 15 is 0 Å². The normalized spacial score (nSPS) is 22.7. The predicted octanol–water partition coefficient (Wildman–Crippen LogP) is 2.76. The highest BCUT2D eigenvalue weighted by molar-refractivity contribution is 8.07. The lowest BCUT2D eigenvalue weighted by Gasteiger charge is -2.19. The second-order valence-corrected chi connectivity index (χ2v) is 5.64. The van der Waals surface area contributed by atoms with Gasteiger partial charge >= 0.3 is 0 Å². The molecule has 0 radical (unpaired) electrons. The highest BCUT2D eigenvalue weighted by atomic mass is 32.2. The summed E-state index contributed by atoms with van der Waals surface area (Å²) in [7, 11) is 0. The monoisotopic (exact) mass is 216 g/mol. The summed E-state index contributed by atoms with van der Waals surface area (Å²) in [4.78, 5) is 11.7. The Balaban J connectivity index is 2.33. The average Bonchev–Trinajstić information content (AvgIpc) is 2.19. The molecule has 1 unspecified atom stereocenters. The van der Waals surface area contributed by atoms with Crippen LogP contribution in [0.4, 0.5) is 0 Å². The van der Waals surface area contributed by atoms with Crippen LogP contribution in [-0.2, 0) is 4.79 Å². The number of allylic oxidation sites excluding steroid dienone is 1. The van der Waals surface area contributed by atoms with Crippen LogP contribution in [-0.4, -0.2) is 28.3 Å². The predicted molar refractivity (Wildman–Crippen MR) is 62.6 cm³/mol. The fraction of sp³-hybridized carbons (Fsp3) is 0.700. The Morgan fingerprint density at radius 2 is 2.31 bits per heavy atom. The smallest absolute Gasteiger partial charge is 0.150 e. The number of thioether (sulfide) groups is 2. The van der Waals surface area contributed by atoms with Gasteiger partial charge in [-0.2, -0.15) is 11.8 Å². The minimum Gasteiger partial charge on any atom is -0.298 e. The van der Waals surface area contributed by atoms with E-state index in [1.54, 1.807) is 0 Å². The van der Waals surface area contributed by atoms with Crippen LogP contribution in [0, 0.1) is 0 Å². The summed E-state index contributed by atoms with van der Waals surface area (Å²) >= 11 is 3.71. The third-order valence-electron chi connectivity index (χ3n) is 2.10. The molecule has 1 aliphatic rings. The third kappa shape index (κ3) is 3.77. The van der Waals surface area contributed by atoms with Crippen molar-refractivity contribution < 1.29 is 4.79 Å². The summed E-state index contributed by atoms with van der Waals surface area (Å²) in [6.45, 7) is 5.93. The maximum atomic E-state index is 11.7. The minimum absolute atomic E-state index is 0.238. The molecule has 74 valence electrons. The summed E-state index contributed by atoms with van der Waals surface area (Å²) in [5.74, 6) is 3.70. The molecule has 0 bridgehead atoms. The molecular formula is C10H16OS2. The van der Waals surface area contributed by atoms with Crippen LogP contribution in [0.1, 0.15) is 19.8 Å². The highest BCUT2D eigenvalue weighted by Crippen LogP contribution is 2.26. The molecule has 0 saturated carbocycles. The van der Waals surface area contributed by atoms with Gasteiger partial charge in [0.1, 0.15) is 0 Å². The van der Waals surface area contributed by atoms with Crippen molar-refractivity contribution in [1.29, 1.82) is 0 Å². The van der Waals surface area contributed by atoms with Crippen LogP contribution in [0.2, 0.25) is 0 Å². The van der Waals surface area contributed by atoms with E-state index in [2.05, 4.69) is 13.5 Å². The molecule has 13 heavy (non-hydrogen) atoms. The molecule has 1 atom stereocenters. The Kier molecular flexibility index (Phi) is 4.96. The van der Waals surface area contributed by atoms with Crippen molar-refractivity contribution in [2.45, 2.75) is 25.0 Å². The molecule has 3 heteroatoms. The first kappa shape index (κ1) is 11.2. The molecular weight excluding hydrogens is 200 g/mol. The fourth-order valence-electron chi connectivity index (χ4n) is 1.16. The van der Waals surface area contributed by atoms with Gasteiger partial charge < -0.3 is 0 Å². The molecule has 1 saturated heterocycles. The van der Waals surface area contributed by atoms with E-state index in [4.69, 9.17) is 0 Å². The molecule has 0 aromatic rings. The Morgan fingerprint density at radius 3 is 2.85 bits per heavy atom. The standard InChI is InChI=1S/C10H16OS2/c1-3-8(2)6-9(11)10-7-12-4-5-13-10/h10H,2-7H2,1H3. The number of Topliss-reactive ketones (excluding diaryl/α,β-unsaturated/α-hetero) is 1. The van der Waals surface area contributed by atoms with Crippen molar-refractivity contribution in [3.8, 4) is 0 Å². The van der Waals surface area contributed by atoms with Gasteiger partial charge in [-0.05, 0) is 6.42 Å². The van der Waals surface area contributed by atoms with Crippen molar-refractivity contribution in [3.05, 3.63) is 12.2 Å². The Bertz CT molecular complexity index is 195. The Labute approximate surface area is 88.7 Å². The van der Waals surface area contributed by atoms with Crippen LogP contribution in [0.5, 0.6) is 0 Å². The molecule has 0 amide bonds. The SMILES string of the molecule is C=C(CC)CC(=O)C1CSCCS1. The van der Waals surface area contributed by atoms with E-state index in [0.717, 1.165) is 23.5 Å². The minimum atomic E-state index is 0.238. The van der Waals surface area contributed by atoms with Gasteiger partial charge in [-0.3, -0.25) is 4.79 Å². The molecule has 1 rings (SSSR count). The lowest BCUT2D eigenvalue weighted by atomic mass is 10.1. The summed E-state index contributed by atoms with van der Waals surface area (Å²) < 4.78 is 0. The van der Waals surface area contributed by atoms with Crippen molar-refractivity contribution in [3.63, 3.8) is 0 Å². The lowest BCUT2D eigenvalue weighted by Crippen LogP contribution is -2.24. The first-order chi connectivity index (χ1) is 6.24. The molecule has 1 fully saturated rings. The molecule has 1 aliphatic heterocycles. The Morgan fingerprint density at radius 1 is 1.54 bits per heavy atom. The van der Waals surface area contributed by atoms with Crippen molar-refractivity contribution in [1.82, 2.24) is 0 Å². The zero-order valence-corrected chi connectivity index (χ0v) is 9.68. The molecule has 1 heterocycles. The van der Waals surface area contributed by atoms with Crippen LogP contribution in [0.25, 0.3) is 0 Å². The van der Waals surface area contributed by atoms with Crippen molar-refractivity contribution in [2.24, 2.45) is 0 Å². The largest absolute Gasteiger partial charge is 0.298 e. The molecule has 0 aromatic heterocycles. The van der Waals surface area contributed by atoms with E-state index in [1.807, 2.05) is 23.5 Å². The fourth-order valence-corrected chi connectivity index (χ4v) is 3.81. The van der Waals surface area contributed by atoms with Crippen LogP contribution >= 0.6 is 23.5 Å². The van der Waals surface area contributed by atoms with Crippen LogP contribution in [0.3, 0.4) is 0 Å². The maximum absolute atomic E-state index is 11.7. The lowest BCUT2D eigenvalue weighted by molar-refractivity contribution is -0.117. The van der Waals surface area contributed by atoms with Crippen molar-refractivity contribution in [2.75, 3.05) is 17.3 Å². The molecule has 1 nitrogen and oxygen atoms in total. The Hall–Kier alpha value is 0.110. The number of carbonyl (C=O) groups excluding carboxylic acids is 1. The molecule has 0 N–H and O–H groups in total. The zero-order valence-electron chi connectivity index (χ0n) is 8.04. The zero-order chi connectivity index (χ0) is 9.68. The van der Waals surface area contributed by atoms with Gasteiger partial charge in [0.25, 0.3) is 0 Å². The van der Waals surface area contributed by atoms with E-state index in [-0.39, 0.29) is 5.25 Å². The summed E-state index contributed by atoms with van der Waals surface area (Å²) in [6, 6.07) is 0. The number of ketones is 1. The number of hydrogen-bond donors (Lipinski definition) is 0. The average molecular weight is 216 g/mol. The van der Waals surface area contributed by atoms with Gasteiger partial charge in [0, 0.05) is 23.7 Å². The van der Waals surface area contributed by atoms with Gasteiger partial charge in [0.05, 0.1) is 5.25 Å². The third-order valence-corrected chi connectivity index (χ3v) is 4.90. The van der Waals surface area contributed by atoms with Gasteiger partial charge in [0.15, 0.2) is 5.78 Å². The maximum Gasteiger partial charge on any atom is 0.150 e. The molecule has 0 aliphatic carbocycles. The van der Waals surface area contributed by atoms with Crippen LogP contribution in [0.15, 0.2) is 12.2 Å². The first-order valence-corrected chi connectivity index (χ1v) is 6.83. The quantitative estimate of drug-likeness (QED) is 0.673. The van der Waals surface area contributed by atoms with E-state index in [1.165, 1.54) is 5.75 Å². The summed E-state index contributed by atoms with van der Waals surface area (Å²) in [5.41, 5.74) is 1.07. The topological polar surface area (TPSA) is 17.1 Å². The second-order valence-electron chi connectivity index (χ2n) is 3.18. The van der Waals surface area contributed by atoms with E-state index in [9.17, 15) is 4.79 Å². The molecule has 0 spiro atoms. The van der Waals surface area contributed by atoms with E-state index < -0.39 is 0 Å². The van der Waals surface area contributed by atoms with Crippen molar-refractivity contribution >= 4 is 29.3 Å². The highest BCUT2D eigenvalue weighted by Gasteiger charge is 2.21. The first-order valence-electron chi connectivity index (χ1n) is 4.62.